The fourth-order valence-corrected chi connectivity index (χ4v) is 2.35. The summed E-state index contributed by atoms with van der Waals surface area (Å²) in [4.78, 5) is 1.76. The van der Waals surface area contributed by atoms with Crippen molar-refractivity contribution in [2.45, 2.75) is 25.6 Å². The second-order valence-electron chi connectivity index (χ2n) is 4.74. The molecule has 1 aromatic carbocycles. The molecular formula is C13H16F3NO. The molecule has 1 fully saturated rings. The van der Waals surface area contributed by atoms with Gasteiger partial charge in [-0.15, -0.1) is 0 Å². The Morgan fingerprint density at radius 3 is 2.67 bits per heavy atom. The number of benzene rings is 1. The zero-order valence-electron chi connectivity index (χ0n) is 9.95. The van der Waals surface area contributed by atoms with Crippen LogP contribution < -0.4 is 0 Å². The molecule has 0 bridgehead atoms. The molecule has 2 rings (SSSR count). The van der Waals surface area contributed by atoms with Gasteiger partial charge in [0, 0.05) is 18.7 Å². The van der Waals surface area contributed by atoms with E-state index in [-0.39, 0.29) is 18.7 Å². The average Bonchev–Trinajstić information content (AvgIpc) is 2.31. The van der Waals surface area contributed by atoms with Crippen LogP contribution in [0.1, 0.15) is 18.4 Å². The summed E-state index contributed by atoms with van der Waals surface area (Å²) in [6, 6.07) is 6.78. The van der Waals surface area contributed by atoms with Crippen LogP contribution in [0, 0.1) is 5.92 Å². The maximum Gasteiger partial charge on any atom is 0.393 e. The minimum Gasteiger partial charge on any atom is -0.508 e. The maximum atomic E-state index is 12.7. The van der Waals surface area contributed by atoms with Crippen molar-refractivity contribution in [2.24, 2.45) is 5.92 Å². The normalized spacial score (nSPS) is 22.1. The van der Waals surface area contributed by atoms with Crippen LogP contribution in [0.4, 0.5) is 13.2 Å². The molecule has 0 aliphatic carbocycles. The van der Waals surface area contributed by atoms with Gasteiger partial charge in [-0.2, -0.15) is 13.2 Å². The number of hydrogen-bond acceptors (Lipinski definition) is 2. The molecule has 1 aliphatic rings. The van der Waals surface area contributed by atoms with E-state index in [2.05, 4.69) is 0 Å². The van der Waals surface area contributed by atoms with Gasteiger partial charge in [-0.1, -0.05) is 18.2 Å². The Hall–Kier alpha value is -1.23. The van der Waals surface area contributed by atoms with Crippen molar-refractivity contribution in [3.63, 3.8) is 0 Å². The molecule has 18 heavy (non-hydrogen) atoms. The third kappa shape index (κ3) is 3.16. The predicted molar refractivity (Wildman–Crippen MR) is 62.2 cm³/mol. The molecule has 1 heterocycles. The van der Waals surface area contributed by atoms with Gasteiger partial charge in [0.1, 0.15) is 5.75 Å². The third-order valence-corrected chi connectivity index (χ3v) is 3.35. The summed E-state index contributed by atoms with van der Waals surface area (Å²) >= 11 is 0. The molecule has 0 radical (unpaired) electrons. The average molecular weight is 259 g/mol. The first-order chi connectivity index (χ1) is 8.47. The molecule has 0 amide bonds. The summed E-state index contributed by atoms with van der Waals surface area (Å²) in [7, 11) is 0. The van der Waals surface area contributed by atoms with E-state index in [1.54, 1.807) is 29.2 Å². The number of nitrogens with zero attached hydrogens (tertiary/aromatic N) is 1. The summed E-state index contributed by atoms with van der Waals surface area (Å²) < 4.78 is 38.0. The maximum absolute atomic E-state index is 12.7. The lowest BCUT2D eigenvalue weighted by atomic mass is 9.97. The largest absolute Gasteiger partial charge is 0.508 e. The zero-order chi connectivity index (χ0) is 13.2. The first-order valence-corrected chi connectivity index (χ1v) is 6.03. The topological polar surface area (TPSA) is 23.5 Å². The van der Waals surface area contributed by atoms with Crippen molar-refractivity contribution < 1.29 is 18.3 Å². The van der Waals surface area contributed by atoms with Crippen LogP contribution in [0.15, 0.2) is 24.3 Å². The fraction of sp³-hybridized carbons (Fsp3) is 0.538. The van der Waals surface area contributed by atoms with Crippen molar-refractivity contribution in [2.75, 3.05) is 13.1 Å². The highest BCUT2D eigenvalue weighted by Crippen LogP contribution is 2.33. The summed E-state index contributed by atoms with van der Waals surface area (Å²) in [5, 5.41) is 9.62. The minimum absolute atomic E-state index is 0.0256. The van der Waals surface area contributed by atoms with Gasteiger partial charge < -0.3 is 5.11 Å². The second-order valence-corrected chi connectivity index (χ2v) is 4.74. The molecular weight excluding hydrogens is 243 g/mol. The molecule has 1 unspecified atom stereocenters. The highest BCUT2D eigenvalue weighted by molar-refractivity contribution is 5.31. The number of rotatable bonds is 2. The lowest BCUT2D eigenvalue weighted by Gasteiger charge is -2.33. The molecule has 0 aromatic heterocycles. The van der Waals surface area contributed by atoms with E-state index >= 15 is 0 Å². The van der Waals surface area contributed by atoms with Crippen molar-refractivity contribution in [1.29, 1.82) is 0 Å². The lowest BCUT2D eigenvalue weighted by Crippen LogP contribution is -2.41. The fourth-order valence-electron chi connectivity index (χ4n) is 2.35. The van der Waals surface area contributed by atoms with Gasteiger partial charge in [0.2, 0.25) is 0 Å². The van der Waals surface area contributed by atoms with Crippen LogP contribution in [0.5, 0.6) is 5.75 Å². The molecule has 2 nitrogen and oxygen atoms in total. The Kier molecular flexibility index (Phi) is 3.80. The van der Waals surface area contributed by atoms with Crippen molar-refractivity contribution in [3.8, 4) is 5.75 Å². The molecule has 1 N–H and O–H groups in total. The molecule has 5 heteroatoms. The standard InChI is InChI=1S/C13H16F3NO/c14-13(15,16)11-5-3-7-17(9-11)8-10-4-1-2-6-12(10)18/h1-2,4,6,11,18H,3,5,7-9H2. The van der Waals surface area contributed by atoms with Crippen LogP contribution >= 0.6 is 0 Å². The SMILES string of the molecule is Oc1ccccc1CN1CCCC(C(F)(F)F)C1. The van der Waals surface area contributed by atoms with E-state index in [0.29, 0.717) is 25.1 Å². The first-order valence-electron chi connectivity index (χ1n) is 6.03. The Morgan fingerprint density at radius 2 is 2.00 bits per heavy atom. The molecule has 1 atom stereocenters. The molecule has 1 saturated heterocycles. The second kappa shape index (κ2) is 5.18. The third-order valence-electron chi connectivity index (χ3n) is 3.35. The number of phenols is 1. The molecule has 1 aromatic rings. The van der Waals surface area contributed by atoms with E-state index in [1.807, 2.05) is 0 Å². The Morgan fingerprint density at radius 1 is 1.28 bits per heavy atom. The number of aromatic hydroxyl groups is 1. The first kappa shape index (κ1) is 13.2. The van der Waals surface area contributed by atoms with E-state index in [4.69, 9.17) is 0 Å². The van der Waals surface area contributed by atoms with E-state index < -0.39 is 12.1 Å². The Balaban J connectivity index is 2.00. The zero-order valence-corrected chi connectivity index (χ0v) is 9.95. The number of phenolic OH excluding ortho intramolecular Hbond substituents is 1. The Bertz CT molecular complexity index is 405. The number of likely N-dealkylation sites (tertiary alicyclic amines) is 1. The van der Waals surface area contributed by atoms with E-state index in [0.717, 1.165) is 0 Å². The number of halogens is 3. The smallest absolute Gasteiger partial charge is 0.393 e. The van der Waals surface area contributed by atoms with Gasteiger partial charge in [0.25, 0.3) is 0 Å². The number of alkyl halides is 3. The van der Waals surface area contributed by atoms with E-state index in [1.165, 1.54) is 0 Å². The van der Waals surface area contributed by atoms with Gasteiger partial charge in [0.05, 0.1) is 5.92 Å². The quantitative estimate of drug-likeness (QED) is 0.881. The highest BCUT2D eigenvalue weighted by Gasteiger charge is 2.41. The van der Waals surface area contributed by atoms with Gasteiger partial charge in [-0.05, 0) is 25.5 Å². The molecule has 100 valence electrons. The minimum atomic E-state index is -4.11. The van der Waals surface area contributed by atoms with Crippen LogP contribution in [0.2, 0.25) is 0 Å². The van der Waals surface area contributed by atoms with E-state index in [9.17, 15) is 18.3 Å². The number of piperidine rings is 1. The monoisotopic (exact) mass is 259 g/mol. The van der Waals surface area contributed by atoms with Crippen LogP contribution in [0.3, 0.4) is 0 Å². The van der Waals surface area contributed by atoms with Crippen molar-refractivity contribution >= 4 is 0 Å². The van der Waals surface area contributed by atoms with Crippen LogP contribution in [-0.2, 0) is 6.54 Å². The van der Waals surface area contributed by atoms with Crippen LogP contribution in [-0.4, -0.2) is 29.3 Å². The predicted octanol–water partition coefficient (Wildman–Crippen LogP) is 3.17. The van der Waals surface area contributed by atoms with Gasteiger partial charge in [-0.3, -0.25) is 4.90 Å². The summed E-state index contributed by atoms with van der Waals surface area (Å²) in [6.07, 6.45) is -3.35. The van der Waals surface area contributed by atoms with Gasteiger partial charge in [-0.25, -0.2) is 0 Å². The summed E-state index contributed by atoms with van der Waals surface area (Å²) in [5.74, 6) is -1.09. The number of hydrogen-bond donors (Lipinski definition) is 1. The summed E-state index contributed by atoms with van der Waals surface area (Å²) in [5.41, 5.74) is 0.681. The van der Waals surface area contributed by atoms with Gasteiger partial charge >= 0.3 is 6.18 Å². The molecule has 1 aliphatic heterocycles. The van der Waals surface area contributed by atoms with Crippen molar-refractivity contribution in [1.82, 2.24) is 4.90 Å². The summed E-state index contributed by atoms with van der Waals surface area (Å²) in [6.45, 7) is 1.05. The lowest BCUT2D eigenvalue weighted by molar-refractivity contribution is -0.187. The van der Waals surface area contributed by atoms with Gasteiger partial charge in [0.15, 0.2) is 0 Å². The molecule has 0 spiro atoms. The van der Waals surface area contributed by atoms with Crippen molar-refractivity contribution in [3.05, 3.63) is 29.8 Å². The Labute approximate surface area is 104 Å². The highest BCUT2D eigenvalue weighted by atomic mass is 19.4. The molecule has 0 saturated carbocycles. The number of para-hydroxylation sites is 1. The van der Waals surface area contributed by atoms with Crippen LogP contribution in [0.25, 0.3) is 0 Å².